The van der Waals surface area contributed by atoms with E-state index in [1.165, 1.54) is 11.3 Å². The van der Waals surface area contributed by atoms with Crippen LogP contribution in [0.4, 0.5) is 0 Å². The molecule has 1 N–H and O–H groups in total. The van der Waals surface area contributed by atoms with Gasteiger partial charge >= 0.3 is 0 Å². The van der Waals surface area contributed by atoms with Crippen molar-refractivity contribution in [2.24, 2.45) is 5.92 Å². The van der Waals surface area contributed by atoms with Gasteiger partial charge in [0.1, 0.15) is 11.5 Å². The second kappa shape index (κ2) is 3.43. The fourth-order valence-corrected chi connectivity index (χ4v) is 2.31. The van der Waals surface area contributed by atoms with Gasteiger partial charge in [0.25, 0.3) is 0 Å². The van der Waals surface area contributed by atoms with Gasteiger partial charge < -0.3 is 9.73 Å². The third-order valence-corrected chi connectivity index (χ3v) is 3.13. The molecule has 0 amide bonds. The summed E-state index contributed by atoms with van der Waals surface area (Å²) >= 11 is 0. The average Bonchev–Trinajstić information content (AvgIpc) is 2.60. The molecule has 0 fully saturated rings. The quantitative estimate of drug-likeness (QED) is 0.781. The molecule has 1 aliphatic rings. The van der Waals surface area contributed by atoms with Crippen LogP contribution in [0.2, 0.25) is 0 Å². The molecule has 2 nitrogen and oxygen atoms in total. The molecule has 2 atom stereocenters. The van der Waals surface area contributed by atoms with Crippen molar-refractivity contribution in [2.45, 2.75) is 39.2 Å². The van der Waals surface area contributed by atoms with Crippen molar-refractivity contribution in [1.29, 1.82) is 0 Å². The topological polar surface area (TPSA) is 25.2 Å². The summed E-state index contributed by atoms with van der Waals surface area (Å²) < 4.78 is 5.90. The summed E-state index contributed by atoms with van der Waals surface area (Å²) in [6.45, 7) is 6.61. The maximum absolute atomic E-state index is 5.90. The van der Waals surface area contributed by atoms with Crippen molar-refractivity contribution in [3.05, 3.63) is 23.2 Å². The van der Waals surface area contributed by atoms with Crippen LogP contribution in [0.3, 0.4) is 0 Å². The lowest BCUT2D eigenvalue weighted by molar-refractivity contribution is 0.355. The van der Waals surface area contributed by atoms with Crippen molar-refractivity contribution in [1.82, 2.24) is 5.32 Å². The Kier molecular flexibility index (Phi) is 2.40. The van der Waals surface area contributed by atoms with Crippen LogP contribution in [-0.4, -0.2) is 7.05 Å². The molecule has 0 saturated carbocycles. The Bertz CT molecular complexity index is 327. The lowest BCUT2D eigenvalue weighted by Gasteiger charge is -2.14. The van der Waals surface area contributed by atoms with E-state index in [4.69, 9.17) is 4.42 Å². The third-order valence-electron chi connectivity index (χ3n) is 3.13. The monoisotopic (exact) mass is 193 g/mol. The van der Waals surface area contributed by atoms with Crippen LogP contribution in [0, 0.1) is 5.92 Å². The van der Waals surface area contributed by atoms with E-state index in [9.17, 15) is 0 Å². The van der Waals surface area contributed by atoms with E-state index >= 15 is 0 Å². The molecule has 0 bridgehead atoms. The zero-order valence-corrected chi connectivity index (χ0v) is 9.42. The van der Waals surface area contributed by atoms with Crippen LogP contribution in [0.1, 0.15) is 49.8 Å². The van der Waals surface area contributed by atoms with Crippen LogP contribution in [0.5, 0.6) is 0 Å². The Balaban J connectivity index is 2.33. The minimum atomic E-state index is 0.414. The third kappa shape index (κ3) is 1.38. The Morgan fingerprint density at radius 3 is 2.79 bits per heavy atom. The SMILES string of the molecule is CNC1c2oc(C(C)C)cc2CC1C. The second-order valence-corrected chi connectivity index (χ2v) is 4.64. The van der Waals surface area contributed by atoms with Crippen LogP contribution in [0.15, 0.2) is 10.5 Å². The summed E-state index contributed by atoms with van der Waals surface area (Å²) in [5.41, 5.74) is 1.40. The molecule has 0 aliphatic heterocycles. The number of nitrogens with one attached hydrogen (secondary N) is 1. The zero-order valence-electron chi connectivity index (χ0n) is 9.42. The fraction of sp³-hybridized carbons (Fsp3) is 0.667. The highest BCUT2D eigenvalue weighted by Gasteiger charge is 2.32. The Morgan fingerprint density at radius 1 is 1.50 bits per heavy atom. The number of fused-ring (bicyclic) bond motifs is 1. The summed E-state index contributed by atoms with van der Waals surface area (Å²) in [4.78, 5) is 0. The first-order valence-corrected chi connectivity index (χ1v) is 5.43. The standard InChI is InChI=1S/C12H19NO/c1-7(2)10-6-9-5-8(3)11(13-4)12(9)14-10/h6-8,11,13H,5H2,1-4H3. The fourth-order valence-electron chi connectivity index (χ4n) is 2.31. The van der Waals surface area contributed by atoms with E-state index in [1.54, 1.807) is 0 Å². The first kappa shape index (κ1) is 9.78. The van der Waals surface area contributed by atoms with Gasteiger partial charge in [-0.1, -0.05) is 20.8 Å². The summed E-state index contributed by atoms with van der Waals surface area (Å²) in [7, 11) is 2.01. The highest BCUT2D eigenvalue weighted by atomic mass is 16.3. The van der Waals surface area contributed by atoms with Crippen LogP contribution >= 0.6 is 0 Å². The highest BCUT2D eigenvalue weighted by molar-refractivity contribution is 5.31. The van der Waals surface area contributed by atoms with Crippen molar-refractivity contribution >= 4 is 0 Å². The van der Waals surface area contributed by atoms with Gasteiger partial charge in [0, 0.05) is 5.92 Å². The van der Waals surface area contributed by atoms with E-state index in [0.29, 0.717) is 17.9 Å². The van der Waals surface area contributed by atoms with Crippen LogP contribution in [-0.2, 0) is 6.42 Å². The van der Waals surface area contributed by atoms with Gasteiger partial charge in [-0.3, -0.25) is 0 Å². The molecule has 0 radical (unpaired) electrons. The van der Waals surface area contributed by atoms with Gasteiger partial charge in [0.05, 0.1) is 6.04 Å². The summed E-state index contributed by atoms with van der Waals surface area (Å²) in [6, 6.07) is 2.64. The van der Waals surface area contributed by atoms with E-state index in [0.717, 1.165) is 12.2 Å². The normalized spacial score (nSPS) is 25.8. The van der Waals surface area contributed by atoms with Gasteiger partial charge in [-0.15, -0.1) is 0 Å². The van der Waals surface area contributed by atoms with Crippen molar-refractivity contribution in [2.75, 3.05) is 7.05 Å². The van der Waals surface area contributed by atoms with E-state index in [1.807, 2.05) is 7.05 Å². The zero-order chi connectivity index (χ0) is 10.3. The van der Waals surface area contributed by atoms with E-state index in [2.05, 4.69) is 32.2 Å². The largest absolute Gasteiger partial charge is 0.464 e. The van der Waals surface area contributed by atoms with Gasteiger partial charge in [-0.2, -0.15) is 0 Å². The van der Waals surface area contributed by atoms with Crippen molar-refractivity contribution < 1.29 is 4.42 Å². The molecule has 1 heterocycles. The molecule has 1 aliphatic carbocycles. The molecule has 2 rings (SSSR count). The first-order chi connectivity index (χ1) is 6.63. The molecule has 0 spiro atoms. The Hall–Kier alpha value is -0.760. The molecular weight excluding hydrogens is 174 g/mol. The highest BCUT2D eigenvalue weighted by Crippen LogP contribution is 2.38. The van der Waals surface area contributed by atoms with Crippen LogP contribution in [0.25, 0.3) is 0 Å². The smallest absolute Gasteiger partial charge is 0.124 e. The summed E-state index contributed by atoms with van der Waals surface area (Å²) in [6.07, 6.45) is 1.15. The maximum Gasteiger partial charge on any atom is 0.124 e. The van der Waals surface area contributed by atoms with E-state index in [-0.39, 0.29) is 0 Å². The molecular formula is C12H19NO. The maximum atomic E-state index is 5.90. The van der Waals surface area contributed by atoms with Crippen LogP contribution < -0.4 is 5.32 Å². The molecule has 14 heavy (non-hydrogen) atoms. The summed E-state index contributed by atoms with van der Waals surface area (Å²) in [5, 5.41) is 3.33. The molecule has 78 valence electrons. The number of rotatable bonds is 2. The molecule has 0 aromatic carbocycles. The minimum absolute atomic E-state index is 0.414. The molecule has 1 aromatic heterocycles. The molecule has 2 unspecified atom stereocenters. The molecule has 0 saturated heterocycles. The Morgan fingerprint density at radius 2 is 2.21 bits per heavy atom. The number of hydrogen-bond acceptors (Lipinski definition) is 2. The van der Waals surface area contributed by atoms with E-state index < -0.39 is 0 Å². The minimum Gasteiger partial charge on any atom is -0.464 e. The lowest BCUT2D eigenvalue weighted by atomic mass is 10.0. The molecule has 2 heteroatoms. The Labute approximate surface area is 85.7 Å². The van der Waals surface area contributed by atoms with Crippen molar-refractivity contribution in [3.63, 3.8) is 0 Å². The predicted molar refractivity (Wildman–Crippen MR) is 57.5 cm³/mol. The van der Waals surface area contributed by atoms with Gasteiger partial charge in [-0.25, -0.2) is 0 Å². The van der Waals surface area contributed by atoms with Gasteiger partial charge in [-0.05, 0) is 31.0 Å². The predicted octanol–water partition coefficient (Wildman–Crippen LogP) is 2.86. The molecule has 1 aromatic rings. The lowest BCUT2D eigenvalue weighted by Crippen LogP contribution is -2.19. The second-order valence-electron chi connectivity index (χ2n) is 4.64. The summed E-state index contributed by atoms with van der Waals surface area (Å²) in [5.74, 6) is 3.45. The average molecular weight is 193 g/mol. The number of hydrogen-bond donors (Lipinski definition) is 1. The van der Waals surface area contributed by atoms with Gasteiger partial charge in [0.2, 0.25) is 0 Å². The van der Waals surface area contributed by atoms with Gasteiger partial charge in [0.15, 0.2) is 0 Å². The first-order valence-electron chi connectivity index (χ1n) is 5.43. The number of furan rings is 1. The van der Waals surface area contributed by atoms with Crippen molar-refractivity contribution in [3.8, 4) is 0 Å².